The number of fused-ring (bicyclic) bond motifs is 1. The average molecular weight is 557 g/mol. The minimum atomic E-state index is -0.988. The second-order valence-electron chi connectivity index (χ2n) is 11.4. The van der Waals surface area contributed by atoms with Gasteiger partial charge in [-0.2, -0.15) is 0 Å². The summed E-state index contributed by atoms with van der Waals surface area (Å²) in [6.45, 7) is 0.854. The van der Waals surface area contributed by atoms with Crippen LogP contribution in [0.25, 0.3) is 0 Å². The Morgan fingerprint density at radius 3 is 2.15 bits per heavy atom. The molecule has 1 unspecified atom stereocenters. The van der Waals surface area contributed by atoms with E-state index in [1.165, 1.54) is 49.8 Å². The van der Waals surface area contributed by atoms with Crippen molar-refractivity contribution >= 4 is 17.5 Å². The molecule has 6 rings (SSSR count). The smallest absolute Gasteiger partial charge is 0.259 e. The van der Waals surface area contributed by atoms with Crippen LogP contribution in [0.2, 0.25) is 0 Å². The molecular weight excluding hydrogens is 519 g/mol. The summed E-state index contributed by atoms with van der Waals surface area (Å²) in [5.41, 5.74) is 2.80. The van der Waals surface area contributed by atoms with Gasteiger partial charge in [0.2, 0.25) is 5.91 Å². The molecule has 3 aromatic rings. The number of nitrogens with one attached hydrogen (secondary N) is 1. The van der Waals surface area contributed by atoms with Crippen LogP contribution in [0.1, 0.15) is 91.2 Å². The molecule has 0 spiro atoms. The minimum Gasteiger partial charge on any atom is -0.486 e. The normalized spacial score (nSPS) is 18.1. The summed E-state index contributed by atoms with van der Waals surface area (Å²) in [5, 5.41) is 3.19. The SMILES string of the molecule is O=C(NC1CCCC1)C(c1ccc(F)cc1)N(C(=O)c1ccc2c(c1)OCCO2)c1ccc(C2CCCCC2)cc1. The van der Waals surface area contributed by atoms with E-state index >= 15 is 0 Å². The topological polar surface area (TPSA) is 67.9 Å². The quantitative estimate of drug-likeness (QED) is 0.337. The minimum absolute atomic E-state index is 0.0605. The first-order valence-corrected chi connectivity index (χ1v) is 15.0. The van der Waals surface area contributed by atoms with Gasteiger partial charge in [-0.25, -0.2) is 4.39 Å². The molecule has 0 saturated heterocycles. The molecule has 0 bridgehead atoms. The van der Waals surface area contributed by atoms with E-state index in [2.05, 4.69) is 17.4 Å². The number of halogens is 1. The van der Waals surface area contributed by atoms with Gasteiger partial charge < -0.3 is 14.8 Å². The second-order valence-corrected chi connectivity index (χ2v) is 11.4. The molecule has 1 N–H and O–H groups in total. The van der Waals surface area contributed by atoms with Crippen LogP contribution in [-0.2, 0) is 4.79 Å². The van der Waals surface area contributed by atoms with Crippen molar-refractivity contribution in [2.45, 2.75) is 75.8 Å². The van der Waals surface area contributed by atoms with Crippen molar-refractivity contribution in [2.24, 2.45) is 0 Å². The molecule has 41 heavy (non-hydrogen) atoms. The number of ether oxygens (including phenoxy) is 2. The molecule has 214 valence electrons. The maximum absolute atomic E-state index is 14.4. The lowest BCUT2D eigenvalue weighted by molar-refractivity contribution is -0.123. The Balaban J connectivity index is 1.41. The van der Waals surface area contributed by atoms with Crippen LogP contribution in [-0.4, -0.2) is 31.1 Å². The van der Waals surface area contributed by atoms with Crippen LogP contribution < -0.4 is 19.7 Å². The van der Waals surface area contributed by atoms with E-state index in [4.69, 9.17) is 9.47 Å². The third-order valence-corrected chi connectivity index (χ3v) is 8.65. The lowest BCUT2D eigenvalue weighted by atomic mass is 9.84. The highest BCUT2D eigenvalue weighted by Gasteiger charge is 2.35. The summed E-state index contributed by atoms with van der Waals surface area (Å²) in [7, 11) is 0. The molecule has 3 aromatic carbocycles. The highest BCUT2D eigenvalue weighted by molar-refractivity contribution is 6.10. The summed E-state index contributed by atoms with van der Waals surface area (Å²) in [4.78, 5) is 30.0. The molecule has 1 heterocycles. The van der Waals surface area contributed by atoms with Crippen molar-refractivity contribution in [3.63, 3.8) is 0 Å². The van der Waals surface area contributed by atoms with Gasteiger partial charge in [-0.1, -0.05) is 56.4 Å². The first kappa shape index (κ1) is 27.3. The summed E-state index contributed by atoms with van der Waals surface area (Å²) in [6.07, 6.45) is 10.0. The number of benzene rings is 3. The number of rotatable bonds is 7. The number of amides is 2. The van der Waals surface area contributed by atoms with Gasteiger partial charge in [0.25, 0.3) is 5.91 Å². The van der Waals surface area contributed by atoms with Crippen molar-refractivity contribution in [3.05, 3.63) is 89.2 Å². The van der Waals surface area contributed by atoms with Crippen molar-refractivity contribution in [3.8, 4) is 11.5 Å². The van der Waals surface area contributed by atoms with Gasteiger partial charge in [0.1, 0.15) is 25.1 Å². The fourth-order valence-corrected chi connectivity index (χ4v) is 6.46. The van der Waals surface area contributed by atoms with Gasteiger partial charge in [-0.05, 0) is 85.2 Å². The number of hydrogen-bond donors (Lipinski definition) is 1. The van der Waals surface area contributed by atoms with Gasteiger partial charge in [0, 0.05) is 17.3 Å². The van der Waals surface area contributed by atoms with E-state index in [0.29, 0.717) is 47.4 Å². The van der Waals surface area contributed by atoms with Gasteiger partial charge in [-0.3, -0.25) is 14.5 Å². The van der Waals surface area contributed by atoms with E-state index in [0.717, 1.165) is 25.7 Å². The number of carbonyl (C=O) groups excluding carboxylic acids is 2. The van der Waals surface area contributed by atoms with Gasteiger partial charge >= 0.3 is 0 Å². The first-order chi connectivity index (χ1) is 20.1. The Morgan fingerprint density at radius 1 is 0.780 bits per heavy atom. The van der Waals surface area contributed by atoms with Gasteiger partial charge in [-0.15, -0.1) is 0 Å². The molecule has 1 aliphatic heterocycles. The zero-order valence-electron chi connectivity index (χ0n) is 23.3. The van der Waals surface area contributed by atoms with E-state index in [1.54, 1.807) is 35.2 Å². The van der Waals surface area contributed by atoms with Crippen LogP contribution in [0.5, 0.6) is 11.5 Å². The Kier molecular flexibility index (Phi) is 8.21. The molecule has 2 aliphatic carbocycles. The molecule has 2 fully saturated rings. The number of hydrogen-bond acceptors (Lipinski definition) is 4. The number of carbonyl (C=O) groups is 2. The highest BCUT2D eigenvalue weighted by Crippen LogP contribution is 2.37. The fraction of sp³-hybridized carbons (Fsp3) is 0.412. The molecule has 3 aliphatic rings. The molecule has 7 heteroatoms. The Labute approximate surface area is 240 Å². The van der Waals surface area contributed by atoms with Crippen LogP contribution >= 0.6 is 0 Å². The molecule has 2 saturated carbocycles. The van der Waals surface area contributed by atoms with E-state index in [1.807, 2.05) is 12.1 Å². The van der Waals surface area contributed by atoms with Crippen molar-refractivity contribution in [1.82, 2.24) is 5.32 Å². The monoisotopic (exact) mass is 556 g/mol. The largest absolute Gasteiger partial charge is 0.486 e. The van der Waals surface area contributed by atoms with Crippen LogP contribution in [0.4, 0.5) is 10.1 Å². The highest BCUT2D eigenvalue weighted by atomic mass is 19.1. The summed E-state index contributed by atoms with van der Waals surface area (Å²) >= 11 is 0. The number of anilines is 1. The predicted octanol–water partition coefficient (Wildman–Crippen LogP) is 7.09. The van der Waals surface area contributed by atoms with Crippen LogP contribution in [0.15, 0.2) is 66.7 Å². The molecule has 0 aromatic heterocycles. The van der Waals surface area contributed by atoms with E-state index in [9.17, 15) is 14.0 Å². The maximum Gasteiger partial charge on any atom is 0.259 e. The Bertz CT molecular complexity index is 1360. The molecule has 6 nitrogen and oxygen atoms in total. The molecular formula is C34H37FN2O4. The predicted molar refractivity (Wildman–Crippen MR) is 156 cm³/mol. The van der Waals surface area contributed by atoms with Crippen LogP contribution in [0.3, 0.4) is 0 Å². The van der Waals surface area contributed by atoms with Gasteiger partial charge in [0.05, 0.1) is 0 Å². The van der Waals surface area contributed by atoms with Crippen molar-refractivity contribution < 1.29 is 23.5 Å². The Morgan fingerprint density at radius 2 is 1.44 bits per heavy atom. The Hall–Kier alpha value is -3.87. The lowest BCUT2D eigenvalue weighted by Crippen LogP contribution is -2.46. The molecule has 0 radical (unpaired) electrons. The van der Waals surface area contributed by atoms with E-state index < -0.39 is 11.9 Å². The molecule has 2 amide bonds. The summed E-state index contributed by atoms with van der Waals surface area (Å²) in [6, 6.07) is 18.1. The van der Waals surface area contributed by atoms with Crippen molar-refractivity contribution in [2.75, 3.05) is 18.1 Å². The number of nitrogens with zero attached hydrogens (tertiary/aromatic N) is 1. The molecule has 1 atom stereocenters. The zero-order chi connectivity index (χ0) is 28.2. The third kappa shape index (κ3) is 6.09. The first-order valence-electron chi connectivity index (χ1n) is 15.0. The summed E-state index contributed by atoms with van der Waals surface area (Å²) in [5.74, 6) is 0.589. The third-order valence-electron chi connectivity index (χ3n) is 8.65. The summed E-state index contributed by atoms with van der Waals surface area (Å²) < 4.78 is 25.4. The average Bonchev–Trinajstić information content (AvgIpc) is 3.53. The van der Waals surface area contributed by atoms with Gasteiger partial charge in [0.15, 0.2) is 11.5 Å². The zero-order valence-corrected chi connectivity index (χ0v) is 23.3. The second kappa shape index (κ2) is 12.3. The standard InChI is InChI=1S/C34H37FN2O4/c35-27-15-10-25(11-16-27)32(33(38)36-28-8-4-5-9-28)37(29-17-12-24(13-18-29)23-6-2-1-3-7-23)34(39)26-14-19-30-31(22-26)41-21-20-40-30/h10-19,22-23,28,32H,1-9,20-21H2,(H,36,38). The van der Waals surface area contributed by atoms with Crippen LogP contribution in [0, 0.1) is 5.82 Å². The fourth-order valence-electron chi connectivity index (χ4n) is 6.46. The van der Waals surface area contributed by atoms with E-state index in [-0.39, 0.29) is 17.9 Å². The van der Waals surface area contributed by atoms with Crippen molar-refractivity contribution in [1.29, 1.82) is 0 Å². The lowest BCUT2D eigenvalue weighted by Gasteiger charge is -2.33. The maximum atomic E-state index is 14.4.